The molecular weight excluding hydrogens is 427 g/mol. The molecule has 0 bridgehead atoms. The van der Waals surface area contributed by atoms with E-state index in [9.17, 15) is 9.36 Å². The van der Waals surface area contributed by atoms with E-state index in [4.69, 9.17) is 29.6 Å². The number of para-hydroxylation sites is 2. The fourth-order valence-electron chi connectivity index (χ4n) is 2.78. The van der Waals surface area contributed by atoms with Crippen molar-refractivity contribution in [3.8, 4) is 17.2 Å². The Labute approximate surface area is 177 Å². The van der Waals surface area contributed by atoms with E-state index in [2.05, 4.69) is 0 Å². The summed E-state index contributed by atoms with van der Waals surface area (Å²) in [7, 11) is -4.14. The molecule has 4 rings (SSSR count). The van der Waals surface area contributed by atoms with Crippen molar-refractivity contribution in [1.29, 1.82) is 0 Å². The van der Waals surface area contributed by atoms with Crippen LogP contribution < -0.4 is 19.2 Å². The maximum atomic E-state index is 13.5. The summed E-state index contributed by atoms with van der Waals surface area (Å²) in [6, 6.07) is 23.1. The number of hydrogen-bond acceptors (Lipinski definition) is 6. The lowest BCUT2D eigenvalue weighted by Gasteiger charge is -2.19. The molecule has 1 heterocycles. The predicted molar refractivity (Wildman–Crippen MR) is 114 cm³/mol. The maximum Gasteiger partial charge on any atom is 0.647 e. The Morgan fingerprint density at radius 2 is 1.33 bits per heavy atom. The second-order valence-electron chi connectivity index (χ2n) is 6.23. The van der Waals surface area contributed by atoms with E-state index in [1.54, 1.807) is 72.8 Å². The van der Waals surface area contributed by atoms with Crippen molar-refractivity contribution >= 4 is 30.4 Å². The molecule has 0 saturated heterocycles. The number of alkyl halides is 1. The number of fused-ring (bicyclic) bond motifs is 1. The normalized spacial score (nSPS) is 11.2. The van der Waals surface area contributed by atoms with Gasteiger partial charge in [-0.05, 0) is 42.0 Å². The number of rotatable bonds is 7. The highest BCUT2D eigenvalue weighted by Crippen LogP contribution is 2.50. The summed E-state index contributed by atoms with van der Waals surface area (Å²) in [4.78, 5) is 11.8. The van der Waals surface area contributed by atoms with Crippen molar-refractivity contribution in [1.82, 2.24) is 0 Å². The van der Waals surface area contributed by atoms with Crippen LogP contribution in [-0.2, 0) is 10.4 Å². The molecule has 0 aliphatic carbocycles. The highest BCUT2D eigenvalue weighted by Gasteiger charge is 2.33. The first kappa shape index (κ1) is 20.1. The molecule has 8 heteroatoms. The number of hydrogen-bond donors (Lipinski definition) is 0. The number of phosphoric acid groups is 1. The fraction of sp³-hybridized carbons (Fsp3) is 0.0455. The summed E-state index contributed by atoms with van der Waals surface area (Å²) in [6.07, 6.45) is 0. The Morgan fingerprint density at radius 1 is 0.767 bits per heavy atom. The third-order valence-corrected chi connectivity index (χ3v) is 5.67. The van der Waals surface area contributed by atoms with E-state index >= 15 is 0 Å². The number of halogens is 1. The second-order valence-corrected chi connectivity index (χ2v) is 7.94. The minimum atomic E-state index is -4.14. The number of phosphoric ester groups is 1. The highest BCUT2D eigenvalue weighted by molar-refractivity contribution is 7.49. The number of benzene rings is 3. The second kappa shape index (κ2) is 8.66. The summed E-state index contributed by atoms with van der Waals surface area (Å²) in [5.41, 5.74) is 0.333. The van der Waals surface area contributed by atoms with Gasteiger partial charge in [0.05, 0.1) is 0 Å². The van der Waals surface area contributed by atoms with Crippen molar-refractivity contribution in [2.24, 2.45) is 0 Å². The van der Waals surface area contributed by atoms with E-state index in [1.165, 1.54) is 12.1 Å². The molecule has 0 fully saturated rings. The van der Waals surface area contributed by atoms with Gasteiger partial charge in [-0.2, -0.15) is 4.57 Å². The molecule has 0 aliphatic heterocycles. The van der Waals surface area contributed by atoms with E-state index in [0.717, 1.165) is 0 Å². The lowest BCUT2D eigenvalue weighted by atomic mass is 10.1. The molecule has 152 valence electrons. The quantitative estimate of drug-likeness (QED) is 0.193. The van der Waals surface area contributed by atoms with Crippen LogP contribution in [0.4, 0.5) is 0 Å². The Bertz CT molecular complexity index is 1210. The molecule has 4 aromatic rings. The van der Waals surface area contributed by atoms with Crippen LogP contribution in [0, 0.1) is 0 Å². The van der Waals surface area contributed by atoms with Crippen LogP contribution in [0.2, 0.25) is 0 Å². The van der Waals surface area contributed by atoms with Crippen LogP contribution in [0.3, 0.4) is 0 Å². The summed E-state index contributed by atoms with van der Waals surface area (Å²) in [6.45, 7) is 0. The Morgan fingerprint density at radius 3 is 1.90 bits per heavy atom. The van der Waals surface area contributed by atoms with Gasteiger partial charge in [0.25, 0.3) is 0 Å². The van der Waals surface area contributed by atoms with Crippen LogP contribution >= 0.6 is 19.4 Å². The van der Waals surface area contributed by atoms with Gasteiger partial charge in [0, 0.05) is 23.4 Å². The molecule has 3 aromatic carbocycles. The van der Waals surface area contributed by atoms with E-state index in [-0.39, 0.29) is 17.2 Å². The van der Waals surface area contributed by atoms with Gasteiger partial charge in [-0.1, -0.05) is 36.4 Å². The van der Waals surface area contributed by atoms with Gasteiger partial charge < -0.3 is 18.0 Å². The van der Waals surface area contributed by atoms with Gasteiger partial charge in [0.1, 0.15) is 22.8 Å². The highest BCUT2D eigenvalue weighted by atomic mass is 35.5. The topological polar surface area (TPSA) is 75.0 Å². The zero-order chi connectivity index (χ0) is 21.0. The van der Waals surface area contributed by atoms with E-state index < -0.39 is 13.4 Å². The molecule has 30 heavy (non-hydrogen) atoms. The van der Waals surface area contributed by atoms with Crippen LogP contribution in [0.25, 0.3) is 11.0 Å². The Kier molecular flexibility index (Phi) is 5.79. The molecule has 0 spiro atoms. The Hall–Kier alpha value is -3.21. The first-order valence-corrected chi connectivity index (χ1v) is 11.0. The van der Waals surface area contributed by atoms with Gasteiger partial charge in [-0.3, -0.25) is 0 Å². The fourth-order valence-corrected chi connectivity index (χ4v) is 4.25. The maximum absolute atomic E-state index is 13.5. The van der Waals surface area contributed by atoms with Gasteiger partial charge >= 0.3 is 13.4 Å². The summed E-state index contributed by atoms with van der Waals surface area (Å²) >= 11 is 5.91. The van der Waals surface area contributed by atoms with Crippen molar-refractivity contribution in [2.75, 3.05) is 0 Å². The minimum absolute atomic E-state index is 0.146. The largest absolute Gasteiger partial charge is 0.647 e. The third-order valence-electron chi connectivity index (χ3n) is 4.08. The lowest BCUT2D eigenvalue weighted by Crippen LogP contribution is -2.07. The molecular formula is C22H16ClO6P. The van der Waals surface area contributed by atoms with Crippen molar-refractivity contribution in [3.05, 3.63) is 101 Å². The SMILES string of the molecule is O=c1cc(CCl)c2ccc(OP(=O)(Oc3ccccc3)Oc3ccccc3)cc2o1. The molecule has 0 unspecified atom stereocenters. The van der Waals surface area contributed by atoms with Crippen LogP contribution in [-0.4, -0.2) is 0 Å². The lowest BCUT2D eigenvalue weighted by molar-refractivity contribution is 0.298. The Balaban J connectivity index is 1.70. The van der Waals surface area contributed by atoms with E-state index in [0.29, 0.717) is 22.4 Å². The molecule has 0 radical (unpaired) electrons. The molecule has 0 amide bonds. The molecule has 0 N–H and O–H groups in total. The molecule has 0 aliphatic rings. The summed E-state index contributed by atoms with van der Waals surface area (Å²) < 4.78 is 35.5. The summed E-state index contributed by atoms with van der Waals surface area (Å²) in [5.74, 6) is 0.921. The van der Waals surface area contributed by atoms with Crippen LogP contribution in [0.15, 0.2) is 94.1 Å². The minimum Gasteiger partial charge on any atom is -0.423 e. The molecule has 1 aromatic heterocycles. The standard InChI is InChI=1S/C22H16ClO6P/c23-15-16-13-22(24)26-21-14-19(11-12-20(16)21)29-30(25,27-17-7-3-1-4-8-17)28-18-9-5-2-6-10-18/h1-14H,15H2. The van der Waals surface area contributed by atoms with Crippen molar-refractivity contribution in [2.45, 2.75) is 5.88 Å². The van der Waals surface area contributed by atoms with Gasteiger partial charge in [-0.15, -0.1) is 11.6 Å². The monoisotopic (exact) mass is 442 g/mol. The van der Waals surface area contributed by atoms with Gasteiger partial charge in [0.15, 0.2) is 0 Å². The predicted octanol–water partition coefficient (Wildman–Crippen LogP) is 6.18. The average molecular weight is 443 g/mol. The molecule has 0 saturated carbocycles. The zero-order valence-electron chi connectivity index (χ0n) is 15.6. The van der Waals surface area contributed by atoms with E-state index in [1.807, 2.05) is 0 Å². The van der Waals surface area contributed by atoms with Crippen molar-refractivity contribution < 1.29 is 22.6 Å². The van der Waals surface area contributed by atoms with Gasteiger partial charge in [0.2, 0.25) is 0 Å². The first-order chi connectivity index (χ1) is 14.5. The van der Waals surface area contributed by atoms with Crippen molar-refractivity contribution in [3.63, 3.8) is 0 Å². The molecule has 0 atom stereocenters. The third kappa shape index (κ3) is 4.67. The zero-order valence-corrected chi connectivity index (χ0v) is 17.2. The van der Waals surface area contributed by atoms with Gasteiger partial charge in [-0.25, -0.2) is 4.79 Å². The van der Waals surface area contributed by atoms with Crippen LogP contribution in [0.5, 0.6) is 17.2 Å². The summed E-state index contributed by atoms with van der Waals surface area (Å²) in [5, 5.41) is 0.653. The molecule has 6 nitrogen and oxygen atoms in total. The smallest absolute Gasteiger partial charge is 0.423 e. The average Bonchev–Trinajstić information content (AvgIpc) is 2.74. The van der Waals surface area contributed by atoms with Crippen LogP contribution in [0.1, 0.15) is 5.56 Å². The first-order valence-electron chi connectivity index (χ1n) is 8.96.